The highest BCUT2D eigenvalue weighted by Crippen LogP contribution is 2.12. The lowest BCUT2D eigenvalue weighted by Gasteiger charge is -2.05. The second-order valence-electron chi connectivity index (χ2n) is 3.73. The molecule has 0 atom stereocenters. The fourth-order valence-corrected chi connectivity index (χ4v) is 1.38. The maximum absolute atomic E-state index is 8.54. The average molecular weight is 251 g/mol. The molecule has 0 aliphatic rings. The van der Waals surface area contributed by atoms with Crippen LogP contribution in [-0.2, 0) is 20.6 Å². The minimum Gasteiger partial charge on any atom is -0.382 e. The summed E-state index contributed by atoms with van der Waals surface area (Å²) < 4.78 is 15.6. The van der Waals surface area contributed by atoms with Gasteiger partial charge in [0.2, 0.25) is 5.39 Å². The van der Waals surface area contributed by atoms with Gasteiger partial charge in [0.1, 0.15) is 0 Å². The van der Waals surface area contributed by atoms with Gasteiger partial charge in [-0.3, -0.25) is 0 Å². The molecule has 0 amide bonds. The van der Waals surface area contributed by atoms with E-state index in [-0.39, 0.29) is 0 Å². The van der Waals surface area contributed by atoms with Crippen molar-refractivity contribution in [3.8, 4) is 0 Å². The van der Waals surface area contributed by atoms with Gasteiger partial charge in [-0.05, 0) is 12.0 Å². The van der Waals surface area contributed by atoms with Gasteiger partial charge in [-0.15, -0.1) is 0 Å². The summed E-state index contributed by atoms with van der Waals surface area (Å²) in [4.78, 5) is 3.10. The van der Waals surface area contributed by atoms with Gasteiger partial charge in [0.05, 0.1) is 33.0 Å². The Morgan fingerprint density at radius 2 is 1.56 bits per heavy atom. The summed E-state index contributed by atoms with van der Waals surface area (Å²) in [6.45, 7) is 3.05. The second kappa shape index (κ2) is 9.54. The van der Waals surface area contributed by atoms with Crippen molar-refractivity contribution in [3.05, 3.63) is 34.8 Å². The lowest BCUT2D eigenvalue weighted by molar-refractivity contribution is 0.0255. The monoisotopic (exact) mass is 251 g/mol. The number of hydrogen-bond donors (Lipinski definition) is 0. The highest BCUT2D eigenvalue weighted by molar-refractivity contribution is 5.44. The number of hydrogen-bond acceptors (Lipinski definition) is 4. The second-order valence-corrected chi connectivity index (χ2v) is 3.73. The van der Waals surface area contributed by atoms with Crippen molar-refractivity contribution in [2.75, 3.05) is 40.1 Å². The minimum atomic E-state index is 0.561. The summed E-state index contributed by atoms with van der Waals surface area (Å²) in [5.74, 6) is 0. The molecule has 1 aromatic carbocycles. The third kappa shape index (κ3) is 6.30. The van der Waals surface area contributed by atoms with Crippen LogP contribution >= 0.6 is 0 Å². The lowest BCUT2D eigenvalue weighted by Crippen LogP contribution is -2.09. The van der Waals surface area contributed by atoms with Crippen molar-refractivity contribution >= 4 is 5.69 Å². The third-order valence-corrected chi connectivity index (χ3v) is 2.39. The molecule has 0 saturated carbocycles. The van der Waals surface area contributed by atoms with Crippen LogP contribution in [0.15, 0.2) is 24.3 Å². The van der Waals surface area contributed by atoms with E-state index in [2.05, 4.69) is 4.98 Å². The highest BCUT2D eigenvalue weighted by atomic mass is 16.5. The predicted octanol–water partition coefficient (Wildman–Crippen LogP) is 2.39. The molecule has 0 N–H and O–H groups in total. The SMILES string of the molecule is COCCOCCOCCc1ccc([N+]#N)cc1. The fraction of sp³-hybridized carbons (Fsp3) is 0.538. The molecule has 0 heterocycles. The molecule has 5 nitrogen and oxygen atoms in total. The topological polar surface area (TPSA) is 55.8 Å². The van der Waals surface area contributed by atoms with E-state index in [4.69, 9.17) is 19.6 Å². The Balaban J connectivity index is 2.02. The molecule has 0 aliphatic heterocycles. The molecule has 0 bridgehead atoms. The van der Waals surface area contributed by atoms with Crippen molar-refractivity contribution < 1.29 is 14.2 Å². The van der Waals surface area contributed by atoms with Crippen molar-refractivity contribution in [2.24, 2.45) is 0 Å². The van der Waals surface area contributed by atoms with Crippen LogP contribution < -0.4 is 0 Å². The summed E-state index contributed by atoms with van der Waals surface area (Å²) in [5.41, 5.74) is 1.72. The minimum absolute atomic E-state index is 0.561. The summed E-state index contributed by atoms with van der Waals surface area (Å²) in [6.07, 6.45) is 0.837. The quantitative estimate of drug-likeness (QED) is 0.499. The van der Waals surface area contributed by atoms with Crippen molar-refractivity contribution in [1.29, 1.82) is 5.39 Å². The van der Waals surface area contributed by atoms with Crippen LogP contribution in [0.4, 0.5) is 5.69 Å². The fourth-order valence-electron chi connectivity index (χ4n) is 1.38. The molecular weight excluding hydrogens is 232 g/mol. The first kappa shape index (κ1) is 14.6. The van der Waals surface area contributed by atoms with Crippen LogP contribution in [0.1, 0.15) is 5.56 Å². The lowest BCUT2D eigenvalue weighted by atomic mass is 10.1. The number of rotatable bonds is 9. The van der Waals surface area contributed by atoms with Crippen LogP contribution in [0.3, 0.4) is 0 Å². The van der Waals surface area contributed by atoms with Gasteiger partial charge in [0, 0.05) is 19.2 Å². The van der Waals surface area contributed by atoms with Crippen LogP contribution in [0, 0.1) is 5.39 Å². The number of methoxy groups -OCH3 is 1. The first-order valence-corrected chi connectivity index (χ1v) is 5.95. The van der Waals surface area contributed by atoms with Crippen LogP contribution in [0.5, 0.6) is 0 Å². The Bertz CT molecular complexity index is 359. The molecule has 0 fully saturated rings. The number of diazo groups is 1. The van der Waals surface area contributed by atoms with Crippen LogP contribution in [0.25, 0.3) is 4.98 Å². The van der Waals surface area contributed by atoms with Crippen LogP contribution in [-0.4, -0.2) is 40.1 Å². The maximum atomic E-state index is 8.54. The zero-order chi connectivity index (χ0) is 13.1. The number of nitrogens with zero attached hydrogens (tertiary/aromatic N) is 2. The van der Waals surface area contributed by atoms with E-state index in [0.717, 1.165) is 12.0 Å². The Labute approximate surface area is 107 Å². The molecule has 1 rings (SSSR count). The Morgan fingerprint density at radius 1 is 0.944 bits per heavy atom. The molecule has 1 aromatic rings. The summed E-state index contributed by atoms with van der Waals surface area (Å²) in [6, 6.07) is 7.38. The summed E-state index contributed by atoms with van der Waals surface area (Å²) >= 11 is 0. The van der Waals surface area contributed by atoms with Crippen molar-refractivity contribution in [2.45, 2.75) is 6.42 Å². The number of ether oxygens (including phenoxy) is 3. The van der Waals surface area contributed by atoms with Gasteiger partial charge in [-0.2, -0.15) is 0 Å². The summed E-state index contributed by atoms with van der Waals surface area (Å²) in [5, 5.41) is 8.54. The van der Waals surface area contributed by atoms with E-state index in [0.29, 0.717) is 38.7 Å². The zero-order valence-electron chi connectivity index (χ0n) is 10.7. The van der Waals surface area contributed by atoms with E-state index in [1.54, 1.807) is 19.2 Å². The maximum Gasteiger partial charge on any atom is 0.385 e. The van der Waals surface area contributed by atoms with Gasteiger partial charge < -0.3 is 14.2 Å². The molecular formula is C13H19N2O3+. The first-order chi connectivity index (χ1) is 8.86. The number of benzene rings is 1. The molecule has 5 heteroatoms. The Hall–Kier alpha value is -1.48. The van der Waals surface area contributed by atoms with E-state index in [9.17, 15) is 0 Å². The van der Waals surface area contributed by atoms with Gasteiger partial charge in [-0.25, -0.2) is 0 Å². The molecule has 18 heavy (non-hydrogen) atoms. The highest BCUT2D eigenvalue weighted by Gasteiger charge is 2.02. The molecule has 0 radical (unpaired) electrons. The smallest absolute Gasteiger partial charge is 0.382 e. The normalized spacial score (nSPS) is 10.2. The van der Waals surface area contributed by atoms with E-state index in [1.165, 1.54) is 0 Å². The van der Waals surface area contributed by atoms with Crippen molar-refractivity contribution in [3.63, 3.8) is 0 Å². The largest absolute Gasteiger partial charge is 0.385 e. The van der Waals surface area contributed by atoms with Crippen molar-refractivity contribution in [1.82, 2.24) is 0 Å². The Morgan fingerprint density at radius 3 is 2.17 bits per heavy atom. The van der Waals surface area contributed by atoms with Gasteiger partial charge in [-0.1, -0.05) is 12.1 Å². The van der Waals surface area contributed by atoms with E-state index >= 15 is 0 Å². The van der Waals surface area contributed by atoms with E-state index < -0.39 is 0 Å². The molecule has 0 aliphatic carbocycles. The van der Waals surface area contributed by atoms with Crippen LogP contribution in [0.2, 0.25) is 0 Å². The molecule has 0 unspecified atom stereocenters. The third-order valence-electron chi connectivity index (χ3n) is 2.39. The first-order valence-electron chi connectivity index (χ1n) is 5.95. The molecule has 0 aromatic heterocycles. The van der Waals surface area contributed by atoms with Gasteiger partial charge in [0.25, 0.3) is 0 Å². The standard InChI is InChI=1S/C13H19N2O3/c1-16-8-9-18-11-10-17-7-6-12-2-4-13(15-14)5-3-12/h2-5H,6-11H2,1H3/q+1. The van der Waals surface area contributed by atoms with Gasteiger partial charge >= 0.3 is 5.69 Å². The molecule has 0 spiro atoms. The molecule has 98 valence electrons. The Kier molecular flexibility index (Phi) is 7.73. The average Bonchev–Trinajstić information content (AvgIpc) is 2.42. The molecule has 0 saturated heterocycles. The summed E-state index contributed by atoms with van der Waals surface area (Å²) in [7, 11) is 1.65. The predicted molar refractivity (Wildman–Crippen MR) is 68.4 cm³/mol. The van der Waals surface area contributed by atoms with Gasteiger partial charge in [0.15, 0.2) is 4.98 Å². The van der Waals surface area contributed by atoms with E-state index in [1.807, 2.05) is 12.1 Å². The zero-order valence-corrected chi connectivity index (χ0v) is 10.7.